The summed E-state index contributed by atoms with van der Waals surface area (Å²) in [6.45, 7) is 1.48. The number of hydrogen-bond acceptors (Lipinski definition) is 3. The number of carbonyl (C=O) groups is 1. The Morgan fingerprint density at radius 2 is 1.37 bits per heavy atom. The molecule has 0 aromatic heterocycles. The van der Waals surface area contributed by atoms with Gasteiger partial charge in [0.25, 0.3) is 0 Å². The lowest BCUT2D eigenvalue weighted by Crippen LogP contribution is -2.05. The average molecular weight is 256 g/mol. The van der Waals surface area contributed by atoms with Crippen LogP contribution in [0.2, 0.25) is 0 Å². The molecule has 0 heterocycles. The Kier molecular flexibility index (Phi) is 4.03. The van der Waals surface area contributed by atoms with Crippen LogP contribution in [0.1, 0.15) is 6.92 Å². The van der Waals surface area contributed by atoms with Crippen LogP contribution in [0.3, 0.4) is 0 Å². The molecule has 4 heteroatoms. The predicted molar refractivity (Wildman–Crippen MR) is 76.8 cm³/mol. The third-order valence-corrected chi connectivity index (χ3v) is 2.55. The molecule has 2 aromatic rings. The Balaban J connectivity index is 2.04. The summed E-state index contributed by atoms with van der Waals surface area (Å²) in [6.07, 6.45) is 0. The van der Waals surface area contributed by atoms with Gasteiger partial charge in [-0.15, -0.1) is 0 Å². The first-order chi connectivity index (χ1) is 9.17. The normalized spacial score (nSPS) is 9.79. The van der Waals surface area contributed by atoms with Gasteiger partial charge in [0.2, 0.25) is 5.91 Å². The maximum atomic E-state index is 10.9. The van der Waals surface area contributed by atoms with Gasteiger partial charge >= 0.3 is 0 Å². The van der Waals surface area contributed by atoms with Crippen molar-refractivity contribution in [2.24, 2.45) is 0 Å². The molecular weight excluding hydrogens is 240 g/mol. The highest BCUT2D eigenvalue weighted by Crippen LogP contribution is 2.24. The third-order valence-electron chi connectivity index (χ3n) is 2.55. The second-order valence-corrected chi connectivity index (χ2v) is 4.08. The first kappa shape index (κ1) is 13.0. The number of carbonyl (C=O) groups excluding carboxylic acids is 1. The van der Waals surface area contributed by atoms with Crippen molar-refractivity contribution in [3.63, 3.8) is 0 Å². The summed E-state index contributed by atoms with van der Waals surface area (Å²) in [6, 6.07) is 14.9. The average Bonchev–Trinajstić information content (AvgIpc) is 2.41. The topological polar surface area (TPSA) is 50.4 Å². The monoisotopic (exact) mass is 256 g/mol. The smallest absolute Gasteiger partial charge is 0.221 e. The van der Waals surface area contributed by atoms with Crippen LogP contribution in [-0.2, 0) is 4.79 Å². The van der Waals surface area contributed by atoms with E-state index in [4.69, 9.17) is 4.74 Å². The number of anilines is 2. The standard InChI is InChI=1S/C15H16N2O2/c1-11(18)17-13-5-9-15(10-6-13)19-14-7-3-12(16-2)4-8-14/h3-10,16H,1-2H3,(H,17,18). The molecular formula is C15H16N2O2. The molecule has 2 aromatic carbocycles. The van der Waals surface area contributed by atoms with Gasteiger partial charge in [0.1, 0.15) is 11.5 Å². The highest BCUT2D eigenvalue weighted by Gasteiger charge is 1.99. The van der Waals surface area contributed by atoms with Gasteiger partial charge in [-0.25, -0.2) is 0 Å². The van der Waals surface area contributed by atoms with Gasteiger partial charge in [-0.3, -0.25) is 4.79 Å². The fourth-order valence-electron chi connectivity index (χ4n) is 1.64. The Morgan fingerprint density at radius 1 is 0.895 bits per heavy atom. The molecule has 4 nitrogen and oxygen atoms in total. The van der Waals surface area contributed by atoms with Crippen molar-refractivity contribution in [1.29, 1.82) is 0 Å². The van der Waals surface area contributed by atoms with Crippen molar-refractivity contribution >= 4 is 17.3 Å². The van der Waals surface area contributed by atoms with Crippen LogP contribution >= 0.6 is 0 Å². The summed E-state index contributed by atoms with van der Waals surface area (Å²) in [5.41, 5.74) is 1.79. The van der Waals surface area contributed by atoms with E-state index in [1.165, 1.54) is 6.92 Å². The van der Waals surface area contributed by atoms with Crippen LogP contribution < -0.4 is 15.4 Å². The van der Waals surface area contributed by atoms with E-state index in [9.17, 15) is 4.79 Å². The fraction of sp³-hybridized carbons (Fsp3) is 0.133. The van der Waals surface area contributed by atoms with Crippen LogP contribution in [0.4, 0.5) is 11.4 Å². The number of hydrogen-bond donors (Lipinski definition) is 2. The minimum atomic E-state index is -0.0867. The molecule has 0 radical (unpaired) electrons. The largest absolute Gasteiger partial charge is 0.457 e. The van der Waals surface area contributed by atoms with Crippen molar-refractivity contribution in [3.05, 3.63) is 48.5 Å². The molecule has 0 aliphatic heterocycles. The summed E-state index contributed by atoms with van der Waals surface area (Å²) in [5.74, 6) is 1.41. The van der Waals surface area contributed by atoms with E-state index in [1.807, 2.05) is 43.4 Å². The Morgan fingerprint density at radius 3 is 1.79 bits per heavy atom. The van der Waals surface area contributed by atoms with E-state index in [2.05, 4.69) is 10.6 Å². The van der Waals surface area contributed by atoms with E-state index in [1.54, 1.807) is 12.1 Å². The van der Waals surface area contributed by atoms with Crippen LogP contribution in [0.25, 0.3) is 0 Å². The van der Waals surface area contributed by atoms with Gasteiger partial charge in [-0.05, 0) is 48.5 Å². The highest BCUT2D eigenvalue weighted by molar-refractivity contribution is 5.88. The zero-order valence-corrected chi connectivity index (χ0v) is 10.9. The maximum absolute atomic E-state index is 10.9. The zero-order valence-electron chi connectivity index (χ0n) is 10.9. The van der Waals surface area contributed by atoms with Crippen LogP contribution in [0, 0.1) is 0 Å². The molecule has 0 saturated heterocycles. The van der Waals surface area contributed by atoms with E-state index < -0.39 is 0 Å². The number of rotatable bonds is 4. The molecule has 98 valence electrons. The van der Waals surface area contributed by atoms with E-state index in [-0.39, 0.29) is 5.91 Å². The Hall–Kier alpha value is -2.49. The molecule has 0 aliphatic rings. The van der Waals surface area contributed by atoms with Crippen LogP contribution in [0.15, 0.2) is 48.5 Å². The molecule has 0 spiro atoms. The lowest BCUT2D eigenvalue weighted by Gasteiger charge is -2.08. The van der Waals surface area contributed by atoms with Crippen molar-refractivity contribution in [2.75, 3.05) is 17.7 Å². The second-order valence-electron chi connectivity index (χ2n) is 4.08. The minimum absolute atomic E-state index is 0.0867. The molecule has 0 aliphatic carbocycles. The number of benzene rings is 2. The predicted octanol–water partition coefficient (Wildman–Crippen LogP) is 3.48. The van der Waals surface area contributed by atoms with Crippen LogP contribution in [0.5, 0.6) is 11.5 Å². The van der Waals surface area contributed by atoms with Crippen molar-refractivity contribution in [1.82, 2.24) is 0 Å². The molecule has 0 unspecified atom stereocenters. The molecule has 0 atom stereocenters. The Labute approximate surface area is 112 Å². The quantitative estimate of drug-likeness (QED) is 0.880. The lowest BCUT2D eigenvalue weighted by molar-refractivity contribution is -0.114. The van der Waals surface area contributed by atoms with Gasteiger partial charge in [0, 0.05) is 25.3 Å². The molecule has 0 fully saturated rings. The fourth-order valence-corrected chi connectivity index (χ4v) is 1.64. The van der Waals surface area contributed by atoms with E-state index in [0.29, 0.717) is 0 Å². The van der Waals surface area contributed by atoms with Crippen molar-refractivity contribution < 1.29 is 9.53 Å². The van der Waals surface area contributed by atoms with E-state index in [0.717, 1.165) is 22.9 Å². The lowest BCUT2D eigenvalue weighted by atomic mass is 10.3. The number of ether oxygens (including phenoxy) is 1. The highest BCUT2D eigenvalue weighted by atomic mass is 16.5. The molecule has 1 amide bonds. The first-order valence-electron chi connectivity index (χ1n) is 6.01. The zero-order chi connectivity index (χ0) is 13.7. The summed E-state index contributed by atoms with van der Waals surface area (Å²) < 4.78 is 5.70. The molecule has 2 rings (SSSR count). The summed E-state index contributed by atoms with van der Waals surface area (Å²) in [5, 5.41) is 5.76. The first-order valence-corrected chi connectivity index (χ1v) is 6.01. The van der Waals surface area contributed by atoms with Crippen LogP contribution in [-0.4, -0.2) is 13.0 Å². The van der Waals surface area contributed by atoms with Gasteiger partial charge in [0.15, 0.2) is 0 Å². The maximum Gasteiger partial charge on any atom is 0.221 e. The number of amides is 1. The summed E-state index contributed by atoms with van der Waals surface area (Å²) in [4.78, 5) is 10.9. The van der Waals surface area contributed by atoms with Crippen molar-refractivity contribution in [3.8, 4) is 11.5 Å². The van der Waals surface area contributed by atoms with E-state index >= 15 is 0 Å². The van der Waals surface area contributed by atoms with Gasteiger partial charge in [0.05, 0.1) is 0 Å². The van der Waals surface area contributed by atoms with Crippen molar-refractivity contribution in [2.45, 2.75) is 6.92 Å². The van der Waals surface area contributed by atoms with Gasteiger partial charge < -0.3 is 15.4 Å². The molecule has 0 bridgehead atoms. The van der Waals surface area contributed by atoms with Gasteiger partial charge in [-0.1, -0.05) is 0 Å². The van der Waals surface area contributed by atoms with Gasteiger partial charge in [-0.2, -0.15) is 0 Å². The molecule has 0 saturated carbocycles. The number of nitrogens with one attached hydrogen (secondary N) is 2. The molecule has 19 heavy (non-hydrogen) atoms. The Bertz CT molecular complexity index is 547. The molecule has 2 N–H and O–H groups in total. The minimum Gasteiger partial charge on any atom is -0.457 e. The third kappa shape index (κ3) is 3.74. The SMILES string of the molecule is CNc1ccc(Oc2ccc(NC(C)=O)cc2)cc1. The summed E-state index contributed by atoms with van der Waals surface area (Å²) >= 11 is 0. The second kappa shape index (κ2) is 5.91. The summed E-state index contributed by atoms with van der Waals surface area (Å²) in [7, 11) is 1.87.